The number of carbonyl (C=O) groups is 1. The molecule has 0 spiro atoms. The molecule has 0 aliphatic rings. The number of hydrogen-bond acceptors (Lipinski definition) is 1. The van der Waals surface area contributed by atoms with Crippen LogP contribution in [0, 0.1) is 0 Å². The number of carbonyl (C=O) groups excluding carboxylic acids is 1. The number of unbranched alkanes of at least 4 members (excludes halogenated alkanes) is 14. The number of quaternary nitrogens is 1. The van der Waals surface area contributed by atoms with Gasteiger partial charge < -0.3 is 9.80 Å². The van der Waals surface area contributed by atoms with Gasteiger partial charge in [-0.05, 0) is 27.2 Å². The third-order valence-corrected chi connectivity index (χ3v) is 7.27. The van der Waals surface area contributed by atoms with E-state index < -0.39 is 0 Å². The Bertz CT molecular complexity index is 371. The molecule has 1 atom stereocenters. The maximum atomic E-state index is 12.4. The molecule has 0 aromatic carbocycles. The van der Waals surface area contributed by atoms with Gasteiger partial charge in [-0.3, -0.25) is 4.79 Å². The molecular formula is C27H57N2O+. The minimum absolute atomic E-state index is 0.259. The van der Waals surface area contributed by atoms with Gasteiger partial charge in [0.1, 0.15) is 0 Å². The first-order valence-corrected chi connectivity index (χ1v) is 13.7. The number of amides is 1. The second-order valence-corrected chi connectivity index (χ2v) is 9.36. The van der Waals surface area contributed by atoms with Gasteiger partial charge in [0.2, 0.25) is 5.91 Å². The van der Waals surface area contributed by atoms with Crippen LogP contribution in [0.2, 0.25) is 0 Å². The number of hydrogen-bond donors (Lipinski definition) is 1. The molecule has 180 valence electrons. The van der Waals surface area contributed by atoms with E-state index in [9.17, 15) is 4.79 Å². The van der Waals surface area contributed by atoms with Gasteiger partial charge in [-0.1, -0.05) is 104 Å². The van der Waals surface area contributed by atoms with E-state index >= 15 is 0 Å². The third kappa shape index (κ3) is 13.7. The molecule has 3 heteroatoms. The van der Waals surface area contributed by atoms with E-state index in [-0.39, 0.29) is 12.1 Å². The molecule has 3 nitrogen and oxygen atoms in total. The third-order valence-electron chi connectivity index (χ3n) is 7.27. The summed E-state index contributed by atoms with van der Waals surface area (Å²) < 4.78 is 1.00. The molecule has 30 heavy (non-hydrogen) atoms. The van der Waals surface area contributed by atoms with E-state index in [1.54, 1.807) is 0 Å². The lowest BCUT2D eigenvalue weighted by Crippen LogP contribution is -2.61. The lowest BCUT2D eigenvalue weighted by Gasteiger charge is -2.42. The quantitative estimate of drug-likeness (QED) is 0.106. The first-order chi connectivity index (χ1) is 14.6. The molecule has 0 radical (unpaired) electrons. The van der Waals surface area contributed by atoms with Crippen molar-refractivity contribution in [2.75, 3.05) is 19.6 Å². The number of nitrogens with one attached hydrogen (secondary N) is 1. The second kappa shape index (κ2) is 20.3. The van der Waals surface area contributed by atoms with E-state index in [0.717, 1.165) is 37.0 Å². The van der Waals surface area contributed by atoms with Crippen LogP contribution in [0.15, 0.2) is 0 Å². The fourth-order valence-electron chi connectivity index (χ4n) is 4.87. The lowest BCUT2D eigenvalue weighted by atomic mass is 10.0. The molecular weight excluding hydrogens is 368 g/mol. The van der Waals surface area contributed by atoms with Crippen LogP contribution in [0.5, 0.6) is 0 Å². The van der Waals surface area contributed by atoms with Crippen LogP contribution in [0.4, 0.5) is 0 Å². The minimum Gasteiger partial charge on any atom is -0.307 e. The zero-order valence-corrected chi connectivity index (χ0v) is 21.6. The molecule has 0 rings (SSSR count). The highest BCUT2D eigenvalue weighted by Gasteiger charge is 2.31. The molecule has 0 aromatic rings. The SMILES string of the molecule is CCCCCCCCCCCCCCCCCC(=O)NC(CC)[N+](CC)(CC)CC. The molecule has 0 fully saturated rings. The van der Waals surface area contributed by atoms with Crippen LogP contribution in [-0.4, -0.2) is 36.2 Å². The summed E-state index contributed by atoms with van der Waals surface area (Å²) in [5.74, 6) is 0.259. The Morgan fingerprint density at radius 2 is 0.967 bits per heavy atom. The summed E-state index contributed by atoms with van der Waals surface area (Å²) in [5, 5.41) is 3.34. The van der Waals surface area contributed by atoms with Crippen molar-refractivity contribution in [3.63, 3.8) is 0 Å². The molecule has 1 amide bonds. The molecule has 1 unspecified atom stereocenters. The highest BCUT2D eigenvalue weighted by molar-refractivity contribution is 5.75. The molecule has 0 heterocycles. The van der Waals surface area contributed by atoms with E-state index in [2.05, 4.69) is 39.9 Å². The summed E-state index contributed by atoms with van der Waals surface area (Å²) >= 11 is 0. The first-order valence-electron chi connectivity index (χ1n) is 13.7. The average molecular weight is 426 g/mol. The number of nitrogens with zero attached hydrogens (tertiary/aromatic N) is 1. The van der Waals surface area contributed by atoms with Crippen molar-refractivity contribution < 1.29 is 9.28 Å². The summed E-state index contributed by atoms with van der Waals surface area (Å²) in [6.07, 6.45) is 22.5. The van der Waals surface area contributed by atoms with Gasteiger partial charge in [0.25, 0.3) is 0 Å². The second-order valence-electron chi connectivity index (χ2n) is 9.36. The van der Waals surface area contributed by atoms with Crippen molar-refractivity contribution in [1.82, 2.24) is 5.32 Å². The van der Waals surface area contributed by atoms with Gasteiger partial charge in [0, 0.05) is 12.8 Å². The Morgan fingerprint density at radius 3 is 1.30 bits per heavy atom. The van der Waals surface area contributed by atoms with Crippen molar-refractivity contribution in [3.05, 3.63) is 0 Å². The van der Waals surface area contributed by atoms with Gasteiger partial charge in [-0.25, -0.2) is 0 Å². The summed E-state index contributed by atoms with van der Waals surface area (Å²) in [5.41, 5.74) is 0. The molecule has 0 aromatic heterocycles. The smallest absolute Gasteiger partial charge is 0.224 e. The Labute approximate surface area is 190 Å². The standard InChI is InChI=1S/C27H56N2O/c1-6-11-12-13-14-15-16-17-18-19-20-21-22-23-24-25-27(30)28-26(7-2)29(8-3,9-4)10-5/h26H,6-25H2,1-5H3/p+1. The first kappa shape index (κ1) is 29.4. The van der Waals surface area contributed by atoms with Crippen molar-refractivity contribution in [2.45, 2.75) is 150 Å². The Morgan fingerprint density at radius 1 is 0.600 bits per heavy atom. The molecule has 0 saturated heterocycles. The van der Waals surface area contributed by atoms with Crippen LogP contribution < -0.4 is 5.32 Å². The maximum absolute atomic E-state index is 12.4. The van der Waals surface area contributed by atoms with Crippen LogP contribution in [-0.2, 0) is 4.79 Å². The molecule has 0 aliphatic carbocycles. The number of rotatable bonds is 22. The fourth-order valence-corrected chi connectivity index (χ4v) is 4.87. The van der Waals surface area contributed by atoms with Gasteiger partial charge in [0.05, 0.1) is 19.6 Å². The van der Waals surface area contributed by atoms with E-state index in [1.165, 1.54) is 89.9 Å². The highest BCUT2D eigenvalue weighted by atomic mass is 16.1. The van der Waals surface area contributed by atoms with Crippen molar-refractivity contribution in [1.29, 1.82) is 0 Å². The van der Waals surface area contributed by atoms with Crippen LogP contribution in [0.25, 0.3) is 0 Å². The van der Waals surface area contributed by atoms with Crippen LogP contribution >= 0.6 is 0 Å². The molecule has 0 aliphatic heterocycles. The monoisotopic (exact) mass is 425 g/mol. The Hall–Kier alpha value is -0.570. The summed E-state index contributed by atoms with van der Waals surface area (Å²) in [6, 6.07) is 0. The van der Waals surface area contributed by atoms with E-state index in [4.69, 9.17) is 0 Å². The van der Waals surface area contributed by atoms with Gasteiger partial charge in [-0.2, -0.15) is 0 Å². The van der Waals surface area contributed by atoms with Gasteiger partial charge in [-0.15, -0.1) is 0 Å². The maximum Gasteiger partial charge on any atom is 0.224 e. The molecule has 0 bridgehead atoms. The fraction of sp³-hybridized carbons (Fsp3) is 0.963. The summed E-state index contributed by atoms with van der Waals surface area (Å²) in [7, 11) is 0. The van der Waals surface area contributed by atoms with Gasteiger partial charge >= 0.3 is 0 Å². The lowest BCUT2D eigenvalue weighted by molar-refractivity contribution is -0.949. The normalized spacial score (nSPS) is 12.8. The van der Waals surface area contributed by atoms with Gasteiger partial charge in [0.15, 0.2) is 6.17 Å². The van der Waals surface area contributed by atoms with E-state index in [0.29, 0.717) is 6.42 Å². The summed E-state index contributed by atoms with van der Waals surface area (Å²) in [6.45, 7) is 14.5. The topological polar surface area (TPSA) is 29.1 Å². The average Bonchev–Trinajstić information content (AvgIpc) is 2.77. The highest BCUT2D eigenvalue weighted by Crippen LogP contribution is 2.16. The largest absolute Gasteiger partial charge is 0.307 e. The minimum atomic E-state index is 0.259. The predicted molar refractivity (Wildman–Crippen MR) is 134 cm³/mol. The van der Waals surface area contributed by atoms with E-state index in [1.807, 2.05) is 0 Å². The zero-order valence-electron chi connectivity index (χ0n) is 21.6. The molecule has 1 N–H and O–H groups in total. The van der Waals surface area contributed by atoms with Crippen molar-refractivity contribution in [3.8, 4) is 0 Å². The van der Waals surface area contributed by atoms with Crippen molar-refractivity contribution >= 4 is 5.91 Å². The predicted octanol–water partition coefficient (Wildman–Crippen LogP) is 7.98. The Kier molecular flexibility index (Phi) is 20.0. The van der Waals surface area contributed by atoms with Crippen LogP contribution in [0.3, 0.4) is 0 Å². The Balaban J connectivity index is 3.60. The van der Waals surface area contributed by atoms with Crippen molar-refractivity contribution in [2.24, 2.45) is 0 Å². The summed E-state index contributed by atoms with van der Waals surface area (Å²) in [4.78, 5) is 12.4. The van der Waals surface area contributed by atoms with Crippen LogP contribution in [0.1, 0.15) is 144 Å². The molecule has 0 saturated carbocycles. The zero-order chi connectivity index (χ0) is 22.5.